The first-order valence-corrected chi connectivity index (χ1v) is 9.81. The van der Waals surface area contributed by atoms with Crippen LogP contribution in [0.1, 0.15) is 11.6 Å². The van der Waals surface area contributed by atoms with Crippen LogP contribution in [0.5, 0.6) is 5.75 Å². The molecular formula is C21H31N5O2. The Labute approximate surface area is 167 Å². The summed E-state index contributed by atoms with van der Waals surface area (Å²) in [6.07, 6.45) is 4.13. The summed E-state index contributed by atoms with van der Waals surface area (Å²) >= 11 is 0. The summed E-state index contributed by atoms with van der Waals surface area (Å²) in [5, 5.41) is 6.88. The zero-order chi connectivity index (χ0) is 19.6. The molecule has 0 saturated carbocycles. The Kier molecular flexibility index (Phi) is 7.75. The number of nitrogens with zero attached hydrogens (tertiary/aromatic N) is 3. The number of hydrogen-bond donors (Lipinski definition) is 2. The predicted octanol–water partition coefficient (Wildman–Crippen LogP) is 1.74. The molecule has 0 radical (unpaired) electrons. The lowest BCUT2D eigenvalue weighted by atomic mass is 10.0. The number of aromatic nitrogens is 1. The van der Waals surface area contributed by atoms with Crippen LogP contribution in [0.2, 0.25) is 0 Å². The second-order valence-electron chi connectivity index (χ2n) is 6.74. The lowest BCUT2D eigenvalue weighted by Gasteiger charge is -2.35. The van der Waals surface area contributed by atoms with Crippen molar-refractivity contribution in [2.24, 2.45) is 4.99 Å². The Morgan fingerprint density at radius 1 is 1.14 bits per heavy atom. The lowest BCUT2D eigenvalue weighted by Crippen LogP contribution is -2.46. The van der Waals surface area contributed by atoms with E-state index in [0.29, 0.717) is 0 Å². The summed E-state index contributed by atoms with van der Waals surface area (Å²) < 4.78 is 13.0. The van der Waals surface area contributed by atoms with E-state index in [9.17, 15) is 0 Å². The lowest BCUT2D eigenvalue weighted by molar-refractivity contribution is 0.0170. The average Bonchev–Trinajstić information content (AvgIpc) is 3.27. The van der Waals surface area contributed by atoms with Gasteiger partial charge in [-0.05, 0) is 29.8 Å². The molecule has 1 aliphatic rings. The van der Waals surface area contributed by atoms with Crippen LogP contribution in [-0.4, -0.2) is 69.0 Å². The highest BCUT2D eigenvalue weighted by Gasteiger charge is 2.23. The van der Waals surface area contributed by atoms with E-state index in [2.05, 4.69) is 49.6 Å². The minimum absolute atomic E-state index is 0.248. The fraction of sp³-hybridized carbons (Fsp3) is 0.476. The van der Waals surface area contributed by atoms with Gasteiger partial charge in [-0.15, -0.1) is 0 Å². The number of benzene rings is 1. The molecule has 1 aromatic heterocycles. The Morgan fingerprint density at radius 3 is 2.50 bits per heavy atom. The molecule has 152 valence electrons. The number of methoxy groups -OCH3 is 1. The molecular weight excluding hydrogens is 354 g/mol. The van der Waals surface area contributed by atoms with Gasteiger partial charge in [-0.25, -0.2) is 0 Å². The van der Waals surface area contributed by atoms with E-state index in [4.69, 9.17) is 9.47 Å². The van der Waals surface area contributed by atoms with Crippen molar-refractivity contribution in [1.29, 1.82) is 0 Å². The molecule has 7 heteroatoms. The van der Waals surface area contributed by atoms with Crippen molar-refractivity contribution in [3.63, 3.8) is 0 Å². The molecule has 0 amide bonds. The van der Waals surface area contributed by atoms with E-state index in [-0.39, 0.29) is 6.04 Å². The molecule has 2 N–H and O–H groups in total. The Morgan fingerprint density at radius 2 is 1.86 bits per heavy atom. The molecule has 28 heavy (non-hydrogen) atoms. The minimum atomic E-state index is 0.248. The minimum Gasteiger partial charge on any atom is -0.497 e. The second-order valence-corrected chi connectivity index (χ2v) is 6.74. The number of guanidine groups is 1. The summed E-state index contributed by atoms with van der Waals surface area (Å²) in [6.45, 7) is 5.90. The number of morpholine rings is 1. The molecule has 0 spiro atoms. The van der Waals surface area contributed by atoms with Crippen molar-refractivity contribution in [1.82, 2.24) is 20.1 Å². The first kappa shape index (κ1) is 20.2. The van der Waals surface area contributed by atoms with Gasteiger partial charge in [0, 0.05) is 52.2 Å². The SMILES string of the molecule is CN=C(NCCn1cccc1)NCC(c1ccc(OC)cc1)N1CCOCC1. The van der Waals surface area contributed by atoms with Gasteiger partial charge in [0.15, 0.2) is 5.96 Å². The van der Waals surface area contributed by atoms with Gasteiger partial charge in [0.2, 0.25) is 0 Å². The molecule has 1 aliphatic heterocycles. The van der Waals surface area contributed by atoms with Gasteiger partial charge in [0.1, 0.15) is 5.75 Å². The van der Waals surface area contributed by atoms with Crippen LogP contribution in [0.4, 0.5) is 0 Å². The summed E-state index contributed by atoms with van der Waals surface area (Å²) in [5.41, 5.74) is 1.26. The zero-order valence-electron chi connectivity index (χ0n) is 16.8. The van der Waals surface area contributed by atoms with E-state index in [0.717, 1.165) is 57.6 Å². The van der Waals surface area contributed by atoms with Crippen LogP contribution in [-0.2, 0) is 11.3 Å². The Bertz CT molecular complexity index is 709. The number of nitrogens with one attached hydrogen (secondary N) is 2. The smallest absolute Gasteiger partial charge is 0.191 e. The van der Waals surface area contributed by atoms with Crippen LogP contribution in [0.25, 0.3) is 0 Å². The van der Waals surface area contributed by atoms with E-state index < -0.39 is 0 Å². The van der Waals surface area contributed by atoms with Crippen molar-refractivity contribution in [3.8, 4) is 5.75 Å². The van der Waals surface area contributed by atoms with Crippen LogP contribution < -0.4 is 15.4 Å². The first-order valence-electron chi connectivity index (χ1n) is 9.81. The molecule has 3 rings (SSSR count). The van der Waals surface area contributed by atoms with E-state index in [1.807, 2.05) is 31.3 Å². The standard InChI is InChI=1S/C21H31N5O2/c1-22-21(23-9-12-25-10-3-4-11-25)24-17-20(26-13-15-28-16-14-26)18-5-7-19(27-2)8-6-18/h3-8,10-11,20H,9,12-17H2,1-2H3,(H2,22,23,24). The van der Waals surface area contributed by atoms with Crippen molar-refractivity contribution < 1.29 is 9.47 Å². The summed E-state index contributed by atoms with van der Waals surface area (Å²) in [5.74, 6) is 1.69. The van der Waals surface area contributed by atoms with Gasteiger partial charge < -0.3 is 24.7 Å². The van der Waals surface area contributed by atoms with Crippen LogP contribution >= 0.6 is 0 Å². The Balaban J connectivity index is 1.59. The largest absolute Gasteiger partial charge is 0.497 e. The molecule has 1 unspecified atom stereocenters. The number of hydrogen-bond acceptors (Lipinski definition) is 4. The fourth-order valence-corrected chi connectivity index (χ4v) is 3.41. The zero-order valence-corrected chi connectivity index (χ0v) is 16.8. The molecule has 2 heterocycles. The first-order chi connectivity index (χ1) is 13.8. The number of rotatable bonds is 8. The molecule has 1 saturated heterocycles. The van der Waals surface area contributed by atoms with E-state index in [1.165, 1.54) is 5.56 Å². The van der Waals surface area contributed by atoms with E-state index >= 15 is 0 Å². The van der Waals surface area contributed by atoms with Crippen molar-refractivity contribution in [3.05, 3.63) is 54.4 Å². The van der Waals surface area contributed by atoms with Gasteiger partial charge in [0.25, 0.3) is 0 Å². The molecule has 1 aromatic carbocycles. The number of ether oxygens (including phenoxy) is 2. The summed E-state index contributed by atoms with van der Waals surface area (Å²) in [7, 11) is 3.50. The highest BCUT2D eigenvalue weighted by molar-refractivity contribution is 5.79. The third-order valence-corrected chi connectivity index (χ3v) is 5.00. The molecule has 2 aromatic rings. The van der Waals surface area contributed by atoms with Crippen LogP contribution in [0.15, 0.2) is 53.8 Å². The highest BCUT2D eigenvalue weighted by Crippen LogP contribution is 2.23. The average molecular weight is 386 g/mol. The monoisotopic (exact) mass is 385 g/mol. The van der Waals surface area contributed by atoms with Gasteiger partial charge in [-0.2, -0.15) is 0 Å². The predicted molar refractivity (Wildman–Crippen MR) is 112 cm³/mol. The maximum Gasteiger partial charge on any atom is 0.191 e. The van der Waals surface area contributed by atoms with Crippen molar-refractivity contribution in [2.75, 3.05) is 53.6 Å². The van der Waals surface area contributed by atoms with Crippen molar-refractivity contribution >= 4 is 5.96 Å². The van der Waals surface area contributed by atoms with Crippen LogP contribution in [0.3, 0.4) is 0 Å². The maximum atomic E-state index is 5.54. The molecule has 7 nitrogen and oxygen atoms in total. The second kappa shape index (κ2) is 10.7. The maximum absolute atomic E-state index is 5.54. The van der Waals surface area contributed by atoms with E-state index in [1.54, 1.807) is 7.11 Å². The third-order valence-electron chi connectivity index (χ3n) is 5.00. The molecule has 1 atom stereocenters. The topological polar surface area (TPSA) is 63.0 Å². The quantitative estimate of drug-likeness (QED) is 0.535. The van der Waals surface area contributed by atoms with Gasteiger partial charge in [-0.3, -0.25) is 9.89 Å². The summed E-state index contributed by atoms with van der Waals surface area (Å²) in [6, 6.07) is 12.6. The van der Waals surface area contributed by atoms with Gasteiger partial charge >= 0.3 is 0 Å². The van der Waals surface area contributed by atoms with Gasteiger partial charge in [-0.1, -0.05) is 12.1 Å². The third kappa shape index (κ3) is 5.74. The molecule has 1 fully saturated rings. The molecule has 0 bridgehead atoms. The highest BCUT2D eigenvalue weighted by atomic mass is 16.5. The molecule has 0 aliphatic carbocycles. The fourth-order valence-electron chi connectivity index (χ4n) is 3.41. The van der Waals surface area contributed by atoms with Gasteiger partial charge in [0.05, 0.1) is 26.4 Å². The van der Waals surface area contributed by atoms with Crippen molar-refractivity contribution in [2.45, 2.75) is 12.6 Å². The normalized spacial score (nSPS) is 16.6. The van der Waals surface area contributed by atoms with Crippen LogP contribution in [0, 0.1) is 0 Å². The number of aliphatic imine (C=N–C) groups is 1. The summed E-state index contributed by atoms with van der Waals surface area (Å²) in [4.78, 5) is 6.83. The Hall–Kier alpha value is -2.51.